The zero-order valence-electron chi connectivity index (χ0n) is 20.2. The Hall–Kier alpha value is -3.60. The van der Waals surface area contributed by atoms with Crippen LogP contribution in [0.15, 0.2) is 54.7 Å². The van der Waals surface area contributed by atoms with E-state index in [2.05, 4.69) is 10.1 Å². The van der Waals surface area contributed by atoms with E-state index in [0.717, 1.165) is 5.56 Å². The molecule has 1 amide bonds. The molecule has 35 heavy (non-hydrogen) atoms. The van der Waals surface area contributed by atoms with Crippen molar-refractivity contribution in [2.45, 2.75) is 26.4 Å². The van der Waals surface area contributed by atoms with Crippen LogP contribution < -0.4 is 9.04 Å². The first-order valence-electron chi connectivity index (χ1n) is 11.2. The summed E-state index contributed by atoms with van der Waals surface area (Å²) < 4.78 is 39.9. The van der Waals surface area contributed by atoms with E-state index < -0.39 is 21.7 Å². The second-order valence-corrected chi connectivity index (χ2v) is 11.1. The maximum absolute atomic E-state index is 13.2. The van der Waals surface area contributed by atoms with Crippen molar-refractivity contribution in [3.05, 3.63) is 54.7 Å². The van der Waals surface area contributed by atoms with Gasteiger partial charge >= 0.3 is 6.09 Å². The van der Waals surface area contributed by atoms with Gasteiger partial charge in [0.2, 0.25) is 15.9 Å². The molecule has 3 heterocycles. The normalized spacial score (nSPS) is 16.0. The number of nitrogens with zero attached hydrogens (tertiary/aromatic N) is 5. The summed E-state index contributed by atoms with van der Waals surface area (Å²) in [6.45, 7) is 5.62. The van der Waals surface area contributed by atoms with Crippen LogP contribution in [-0.4, -0.2) is 72.3 Å². The Morgan fingerprint density at radius 2 is 1.77 bits per heavy atom. The Bertz CT molecular complexity index is 1280. The molecule has 0 aliphatic carbocycles. The number of carbonyl (C=O) groups excluding carboxylic acids is 1. The van der Waals surface area contributed by atoms with Gasteiger partial charge in [-0.1, -0.05) is 30.3 Å². The van der Waals surface area contributed by atoms with Crippen LogP contribution in [-0.2, 0) is 14.8 Å². The quantitative estimate of drug-likeness (QED) is 0.542. The van der Waals surface area contributed by atoms with E-state index >= 15 is 0 Å². The van der Waals surface area contributed by atoms with Gasteiger partial charge in [-0.05, 0) is 26.8 Å². The number of ether oxygens (including phenoxy) is 2. The molecule has 10 nitrogen and oxygen atoms in total. The lowest BCUT2D eigenvalue weighted by atomic mass is 10.1. The minimum absolute atomic E-state index is 0.0440. The first kappa shape index (κ1) is 24.5. The third kappa shape index (κ3) is 5.56. The summed E-state index contributed by atoms with van der Waals surface area (Å²) in [6.07, 6.45) is 1.08. The summed E-state index contributed by atoms with van der Waals surface area (Å²) in [7, 11) is -2.19. The van der Waals surface area contributed by atoms with Crippen molar-refractivity contribution in [1.82, 2.24) is 19.7 Å². The van der Waals surface area contributed by atoms with Gasteiger partial charge < -0.3 is 14.4 Å². The highest BCUT2D eigenvalue weighted by Crippen LogP contribution is 2.30. The Kier molecular flexibility index (Phi) is 6.70. The van der Waals surface area contributed by atoms with Crippen LogP contribution in [0.4, 0.5) is 10.6 Å². The van der Waals surface area contributed by atoms with Crippen LogP contribution in [0.3, 0.4) is 0 Å². The summed E-state index contributed by atoms with van der Waals surface area (Å²) in [6, 6.07) is 14.8. The molecule has 0 radical (unpaired) electrons. The number of hydrogen-bond acceptors (Lipinski definition) is 7. The molecule has 3 aromatic rings. The van der Waals surface area contributed by atoms with Crippen LogP contribution in [0.1, 0.15) is 20.8 Å². The van der Waals surface area contributed by atoms with Crippen LogP contribution in [0, 0.1) is 0 Å². The van der Waals surface area contributed by atoms with E-state index in [9.17, 15) is 13.2 Å². The molecule has 4 rings (SSSR count). The van der Waals surface area contributed by atoms with Crippen molar-refractivity contribution in [1.29, 1.82) is 0 Å². The third-order valence-electron chi connectivity index (χ3n) is 5.38. The van der Waals surface area contributed by atoms with E-state index in [0.29, 0.717) is 17.3 Å². The Balaban J connectivity index is 1.70. The number of sulfonamides is 1. The van der Waals surface area contributed by atoms with Crippen molar-refractivity contribution in [2.75, 3.05) is 36.8 Å². The van der Waals surface area contributed by atoms with Crippen molar-refractivity contribution < 1.29 is 22.7 Å². The minimum atomic E-state index is -3.73. The molecule has 1 aliphatic heterocycles. The van der Waals surface area contributed by atoms with Crippen LogP contribution in [0.25, 0.3) is 16.9 Å². The van der Waals surface area contributed by atoms with Crippen LogP contribution in [0.5, 0.6) is 5.88 Å². The minimum Gasteiger partial charge on any atom is -0.481 e. The maximum atomic E-state index is 13.2. The van der Waals surface area contributed by atoms with Crippen molar-refractivity contribution in [3.8, 4) is 22.8 Å². The lowest BCUT2D eigenvalue weighted by Crippen LogP contribution is -2.39. The average Bonchev–Trinajstić information content (AvgIpc) is 3.18. The number of aromatic nitrogens is 3. The molecule has 1 fully saturated rings. The van der Waals surface area contributed by atoms with Crippen LogP contribution in [0.2, 0.25) is 0 Å². The topological polar surface area (TPSA) is 107 Å². The zero-order valence-corrected chi connectivity index (χ0v) is 21.0. The molecule has 1 aromatic carbocycles. The molecular weight excluding hydrogens is 470 g/mol. The Morgan fingerprint density at radius 3 is 2.40 bits per heavy atom. The molecule has 0 N–H and O–H groups in total. The Labute approximate surface area is 205 Å². The molecule has 0 atom stereocenters. The number of anilines is 1. The monoisotopic (exact) mass is 499 g/mol. The standard InChI is InChI=1S/C24H29N5O5S/c1-24(2,3)34-23(30)27-12-13-28(35(31,32)15-14-27)21-16-20(18-8-6-5-7-9-18)29(26-21)19-10-11-22(33-4)25-17-19/h5-11,16-17H,12-15H2,1-4H3. The van der Waals surface area contributed by atoms with E-state index in [1.54, 1.807) is 49.8 Å². The van der Waals surface area contributed by atoms with E-state index in [1.807, 2.05) is 30.3 Å². The van der Waals surface area contributed by atoms with E-state index in [4.69, 9.17) is 9.47 Å². The molecule has 0 unspecified atom stereocenters. The van der Waals surface area contributed by atoms with Gasteiger partial charge in [0.05, 0.1) is 37.0 Å². The third-order valence-corrected chi connectivity index (χ3v) is 7.12. The number of benzene rings is 1. The van der Waals surface area contributed by atoms with Gasteiger partial charge in [0.1, 0.15) is 5.60 Å². The average molecular weight is 500 g/mol. The van der Waals surface area contributed by atoms with Crippen molar-refractivity contribution in [3.63, 3.8) is 0 Å². The fourth-order valence-corrected chi connectivity index (χ4v) is 5.09. The predicted octanol–water partition coefficient (Wildman–Crippen LogP) is 3.33. The second-order valence-electron chi connectivity index (χ2n) is 9.08. The highest BCUT2D eigenvalue weighted by molar-refractivity contribution is 7.92. The maximum Gasteiger partial charge on any atom is 0.410 e. The van der Waals surface area contributed by atoms with Gasteiger partial charge in [0.15, 0.2) is 5.82 Å². The highest BCUT2D eigenvalue weighted by Gasteiger charge is 2.33. The van der Waals surface area contributed by atoms with Gasteiger partial charge in [0.25, 0.3) is 0 Å². The number of pyridine rings is 1. The number of amides is 1. The zero-order chi connectivity index (χ0) is 25.2. The summed E-state index contributed by atoms with van der Waals surface area (Å²) in [5.74, 6) is 0.495. The molecule has 186 valence electrons. The number of hydrogen-bond donors (Lipinski definition) is 0. The molecule has 11 heteroatoms. The lowest BCUT2D eigenvalue weighted by Gasteiger charge is -2.26. The fourth-order valence-electron chi connectivity index (χ4n) is 3.68. The number of carbonyl (C=O) groups is 1. The lowest BCUT2D eigenvalue weighted by molar-refractivity contribution is 0.0270. The van der Waals surface area contributed by atoms with Crippen molar-refractivity contribution >= 4 is 21.9 Å². The number of rotatable bonds is 4. The summed E-state index contributed by atoms with van der Waals surface area (Å²) in [5.41, 5.74) is 1.55. The second kappa shape index (κ2) is 9.57. The van der Waals surface area contributed by atoms with Gasteiger partial charge in [-0.3, -0.25) is 4.31 Å². The molecule has 1 aliphatic rings. The van der Waals surface area contributed by atoms with Gasteiger partial charge in [-0.2, -0.15) is 0 Å². The molecule has 0 spiro atoms. The van der Waals surface area contributed by atoms with E-state index in [1.165, 1.54) is 16.3 Å². The first-order valence-corrected chi connectivity index (χ1v) is 12.8. The first-order chi connectivity index (χ1) is 16.6. The molecule has 0 bridgehead atoms. The number of methoxy groups -OCH3 is 1. The molecule has 0 saturated carbocycles. The summed E-state index contributed by atoms with van der Waals surface area (Å²) >= 11 is 0. The largest absolute Gasteiger partial charge is 0.481 e. The van der Waals surface area contributed by atoms with Gasteiger partial charge in [-0.25, -0.2) is 22.9 Å². The predicted molar refractivity (Wildman–Crippen MR) is 132 cm³/mol. The molecule has 2 aromatic heterocycles. The summed E-state index contributed by atoms with van der Waals surface area (Å²) in [4.78, 5) is 18.2. The van der Waals surface area contributed by atoms with Crippen LogP contribution >= 0.6 is 0 Å². The van der Waals surface area contributed by atoms with Gasteiger partial charge in [-0.15, -0.1) is 5.10 Å². The summed E-state index contributed by atoms with van der Waals surface area (Å²) in [5, 5.41) is 4.65. The SMILES string of the molecule is COc1ccc(-n2nc(N3CCN(C(=O)OC(C)(C)C)CCS3(=O)=O)cc2-c2ccccc2)cn1. The molecule has 1 saturated heterocycles. The molecular formula is C24H29N5O5S. The smallest absolute Gasteiger partial charge is 0.410 e. The van der Waals surface area contributed by atoms with Crippen molar-refractivity contribution in [2.24, 2.45) is 0 Å². The Morgan fingerprint density at radius 1 is 1.03 bits per heavy atom. The highest BCUT2D eigenvalue weighted by atomic mass is 32.2. The van der Waals surface area contributed by atoms with Gasteiger partial charge in [0, 0.05) is 30.8 Å². The fraction of sp³-hybridized carbons (Fsp3) is 0.375. The van der Waals surface area contributed by atoms with E-state index in [-0.39, 0.29) is 31.2 Å².